The van der Waals surface area contributed by atoms with Gasteiger partial charge in [-0.25, -0.2) is 4.98 Å². The van der Waals surface area contributed by atoms with Crippen LogP contribution in [0.15, 0.2) is 36.4 Å². The number of hydrazine groups is 1. The molecule has 2 N–H and O–H groups in total. The Morgan fingerprint density at radius 1 is 1.00 bits per heavy atom. The topological polar surface area (TPSA) is 81.7 Å². The van der Waals surface area contributed by atoms with E-state index in [2.05, 4.69) is 15.8 Å². The van der Waals surface area contributed by atoms with Gasteiger partial charge in [0, 0.05) is 5.56 Å². The van der Waals surface area contributed by atoms with Gasteiger partial charge in [-0.15, -0.1) is 0 Å². The van der Waals surface area contributed by atoms with Crippen LogP contribution >= 0.6 is 11.3 Å². The second-order valence-electron chi connectivity index (χ2n) is 5.00. The summed E-state index contributed by atoms with van der Waals surface area (Å²) in [6.07, 6.45) is 0. The highest BCUT2D eigenvalue weighted by Crippen LogP contribution is 2.29. The summed E-state index contributed by atoms with van der Waals surface area (Å²) in [6, 6.07) is 10.5. The molecule has 0 saturated carbocycles. The number of ether oxygens (including phenoxy) is 3. The molecule has 1 heterocycles. The van der Waals surface area contributed by atoms with Gasteiger partial charge in [-0.1, -0.05) is 11.3 Å². The smallest absolute Gasteiger partial charge is 0.269 e. The fourth-order valence-electron chi connectivity index (χ4n) is 2.25. The molecule has 0 unspecified atom stereocenters. The second kappa shape index (κ2) is 7.27. The van der Waals surface area contributed by atoms with Gasteiger partial charge in [-0.2, -0.15) is 0 Å². The van der Waals surface area contributed by atoms with Crippen LogP contribution in [-0.2, 0) is 0 Å². The molecule has 3 rings (SSSR count). The molecule has 3 aromatic rings. The van der Waals surface area contributed by atoms with Crippen molar-refractivity contribution in [2.75, 3.05) is 26.8 Å². The zero-order valence-corrected chi connectivity index (χ0v) is 14.8. The molecule has 0 aliphatic carbocycles. The third-order valence-electron chi connectivity index (χ3n) is 3.52. The predicted octanol–water partition coefficient (Wildman–Crippen LogP) is 3.08. The van der Waals surface area contributed by atoms with Gasteiger partial charge in [0.2, 0.25) is 5.13 Å². The number of benzene rings is 2. The Morgan fingerprint density at radius 3 is 2.52 bits per heavy atom. The molecule has 25 heavy (non-hydrogen) atoms. The van der Waals surface area contributed by atoms with Crippen molar-refractivity contribution in [3.63, 3.8) is 0 Å². The Balaban J connectivity index is 1.71. The summed E-state index contributed by atoms with van der Waals surface area (Å²) < 4.78 is 16.5. The summed E-state index contributed by atoms with van der Waals surface area (Å²) in [5, 5.41) is 0.581. The van der Waals surface area contributed by atoms with Gasteiger partial charge >= 0.3 is 0 Å². The number of anilines is 1. The van der Waals surface area contributed by atoms with Crippen molar-refractivity contribution in [3.8, 4) is 17.2 Å². The number of rotatable bonds is 6. The number of carbonyl (C=O) groups is 1. The average molecular weight is 359 g/mol. The van der Waals surface area contributed by atoms with E-state index in [1.807, 2.05) is 18.2 Å². The molecule has 1 aromatic heterocycles. The highest BCUT2D eigenvalue weighted by molar-refractivity contribution is 7.22. The molecule has 2 aromatic carbocycles. The van der Waals surface area contributed by atoms with Crippen LogP contribution in [-0.4, -0.2) is 32.2 Å². The minimum atomic E-state index is -0.308. The van der Waals surface area contributed by atoms with Crippen molar-refractivity contribution in [3.05, 3.63) is 42.0 Å². The number of aromatic nitrogens is 1. The molecule has 7 nitrogen and oxygen atoms in total. The van der Waals surface area contributed by atoms with Crippen LogP contribution in [0.2, 0.25) is 0 Å². The Morgan fingerprint density at radius 2 is 1.80 bits per heavy atom. The lowest BCUT2D eigenvalue weighted by molar-refractivity contribution is 0.0962. The quantitative estimate of drug-likeness (QED) is 0.658. The lowest BCUT2D eigenvalue weighted by Crippen LogP contribution is -2.29. The van der Waals surface area contributed by atoms with E-state index in [-0.39, 0.29) is 5.91 Å². The molecule has 1 amide bonds. The summed E-state index contributed by atoms with van der Waals surface area (Å²) in [5.41, 5.74) is 6.72. The standard InChI is InChI=1S/C17H17N3O4S/c1-22-11-5-6-12-15(9-11)25-17(18-12)20-19-16(21)10-4-7-13(23-2)14(8-10)24-3/h4-9H,1-3H3,(H,18,20)(H,19,21). The summed E-state index contributed by atoms with van der Waals surface area (Å²) in [4.78, 5) is 16.7. The van der Waals surface area contributed by atoms with Crippen LogP contribution in [0.3, 0.4) is 0 Å². The number of fused-ring (bicyclic) bond motifs is 1. The minimum absolute atomic E-state index is 0.308. The third-order valence-corrected chi connectivity index (χ3v) is 4.46. The van der Waals surface area contributed by atoms with Crippen molar-refractivity contribution in [1.29, 1.82) is 0 Å². The van der Waals surface area contributed by atoms with Gasteiger partial charge < -0.3 is 14.2 Å². The number of nitrogens with one attached hydrogen (secondary N) is 2. The largest absolute Gasteiger partial charge is 0.497 e. The van der Waals surface area contributed by atoms with E-state index >= 15 is 0 Å². The highest BCUT2D eigenvalue weighted by atomic mass is 32.1. The molecule has 0 aliphatic heterocycles. The molecule has 8 heteroatoms. The van der Waals surface area contributed by atoms with Crippen molar-refractivity contribution in [2.24, 2.45) is 0 Å². The summed E-state index contributed by atoms with van der Waals surface area (Å²) in [5.74, 6) is 1.50. The first-order valence-corrected chi connectivity index (χ1v) is 8.19. The minimum Gasteiger partial charge on any atom is -0.497 e. The van der Waals surface area contributed by atoms with E-state index in [1.54, 1.807) is 32.4 Å². The van der Waals surface area contributed by atoms with Crippen LogP contribution in [0.1, 0.15) is 10.4 Å². The highest BCUT2D eigenvalue weighted by Gasteiger charge is 2.11. The average Bonchev–Trinajstić information content (AvgIpc) is 3.07. The zero-order chi connectivity index (χ0) is 17.8. The Kier molecular flexibility index (Phi) is 4.90. The lowest BCUT2D eigenvalue weighted by atomic mass is 10.2. The first kappa shape index (κ1) is 16.8. The number of carbonyl (C=O) groups excluding carboxylic acids is 1. The van der Waals surface area contributed by atoms with Gasteiger partial charge in [0.25, 0.3) is 5.91 Å². The number of methoxy groups -OCH3 is 3. The number of amides is 1. The normalized spacial score (nSPS) is 10.4. The van der Waals surface area contributed by atoms with E-state index in [1.165, 1.54) is 18.4 Å². The van der Waals surface area contributed by atoms with Crippen LogP contribution in [0, 0.1) is 0 Å². The summed E-state index contributed by atoms with van der Waals surface area (Å²) >= 11 is 1.42. The molecule has 0 spiro atoms. The Hall–Kier alpha value is -3.00. The number of hydrogen-bond donors (Lipinski definition) is 2. The fourth-order valence-corrected chi connectivity index (χ4v) is 3.09. The maximum Gasteiger partial charge on any atom is 0.269 e. The zero-order valence-electron chi connectivity index (χ0n) is 14.0. The van der Waals surface area contributed by atoms with Crippen LogP contribution < -0.4 is 25.1 Å². The molecule has 0 atom stereocenters. The maximum absolute atomic E-state index is 12.3. The first-order valence-electron chi connectivity index (χ1n) is 7.37. The predicted molar refractivity (Wildman–Crippen MR) is 96.8 cm³/mol. The van der Waals surface area contributed by atoms with Crippen LogP contribution in [0.25, 0.3) is 10.2 Å². The molecular formula is C17H17N3O4S. The number of thiazole rings is 1. The SMILES string of the molecule is COc1ccc2nc(NNC(=O)c3ccc(OC)c(OC)c3)sc2c1. The molecular weight excluding hydrogens is 342 g/mol. The summed E-state index contributed by atoms with van der Waals surface area (Å²) in [6.45, 7) is 0. The van der Waals surface area contributed by atoms with E-state index < -0.39 is 0 Å². The van der Waals surface area contributed by atoms with Crippen LogP contribution in [0.5, 0.6) is 17.2 Å². The van der Waals surface area contributed by atoms with Gasteiger partial charge in [-0.3, -0.25) is 15.6 Å². The van der Waals surface area contributed by atoms with E-state index in [0.29, 0.717) is 22.2 Å². The number of nitrogens with zero attached hydrogens (tertiary/aromatic N) is 1. The Labute approximate surface area is 148 Å². The fraction of sp³-hybridized carbons (Fsp3) is 0.176. The van der Waals surface area contributed by atoms with Crippen molar-refractivity contribution in [2.45, 2.75) is 0 Å². The van der Waals surface area contributed by atoms with E-state index in [9.17, 15) is 4.79 Å². The van der Waals surface area contributed by atoms with E-state index in [0.717, 1.165) is 16.0 Å². The molecule has 0 fully saturated rings. The van der Waals surface area contributed by atoms with Crippen LogP contribution in [0.4, 0.5) is 5.13 Å². The maximum atomic E-state index is 12.3. The summed E-state index contributed by atoms with van der Waals surface area (Å²) in [7, 11) is 4.68. The third kappa shape index (κ3) is 3.58. The first-order chi connectivity index (χ1) is 12.1. The van der Waals surface area contributed by atoms with Crippen molar-refractivity contribution >= 4 is 32.6 Å². The van der Waals surface area contributed by atoms with Gasteiger partial charge in [0.05, 0.1) is 31.5 Å². The van der Waals surface area contributed by atoms with E-state index in [4.69, 9.17) is 14.2 Å². The van der Waals surface area contributed by atoms with Crippen molar-refractivity contribution < 1.29 is 19.0 Å². The van der Waals surface area contributed by atoms with Gasteiger partial charge in [0.15, 0.2) is 11.5 Å². The molecule has 0 aliphatic rings. The molecule has 0 saturated heterocycles. The lowest BCUT2D eigenvalue weighted by Gasteiger charge is -2.10. The Bertz CT molecular complexity index is 910. The molecule has 0 bridgehead atoms. The molecule has 130 valence electrons. The number of hydrogen-bond acceptors (Lipinski definition) is 7. The monoisotopic (exact) mass is 359 g/mol. The van der Waals surface area contributed by atoms with Crippen molar-refractivity contribution in [1.82, 2.24) is 10.4 Å². The van der Waals surface area contributed by atoms with Gasteiger partial charge in [-0.05, 0) is 36.4 Å². The van der Waals surface area contributed by atoms with Gasteiger partial charge in [0.1, 0.15) is 5.75 Å². The second-order valence-corrected chi connectivity index (χ2v) is 6.03. The molecule has 0 radical (unpaired) electrons.